The molecule has 0 unspecified atom stereocenters. The summed E-state index contributed by atoms with van der Waals surface area (Å²) in [5.41, 5.74) is -0.798. The van der Waals surface area contributed by atoms with Gasteiger partial charge < -0.3 is 4.74 Å². The molecule has 0 radical (unpaired) electrons. The molecule has 0 saturated heterocycles. The number of ether oxygens (including phenoxy) is 1. The van der Waals surface area contributed by atoms with Gasteiger partial charge in [0.15, 0.2) is 11.6 Å². The number of benzene rings is 1. The molecule has 1 rings (SSSR count). The summed E-state index contributed by atoms with van der Waals surface area (Å²) in [5.74, 6) is -3.82. The van der Waals surface area contributed by atoms with Gasteiger partial charge in [-0.2, -0.15) is 0 Å². The van der Waals surface area contributed by atoms with Gasteiger partial charge in [-0.15, -0.1) is 0 Å². The average molecular weight is 327 g/mol. The number of carbonyl (C=O) groups is 1. The van der Waals surface area contributed by atoms with E-state index in [4.69, 9.17) is 15.4 Å². The van der Waals surface area contributed by atoms with Crippen LogP contribution in [0.2, 0.25) is 0 Å². The molecule has 0 saturated carbocycles. The van der Waals surface area contributed by atoms with Crippen molar-refractivity contribution < 1.29 is 26.7 Å². The third-order valence-electron chi connectivity index (χ3n) is 2.43. The molecule has 0 aliphatic heterocycles. The summed E-state index contributed by atoms with van der Waals surface area (Å²) < 4.78 is 53.7. The van der Waals surface area contributed by atoms with Crippen LogP contribution in [-0.2, 0) is 13.8 Å². The molecule has 0 spiro atoms. The number of esters is 1. The van der Waals surface area contributed by atoms with Crippen LogP contribution in [0.1, 0.15) is 30.6 Å². The zero-order valence-corrected chi connectivity index (χ0v) is 12.4. The van der Waals surface area contributed by atoms with E-state index in [-0.39, 0.29) is 12.5 Å². The van der Waals surface area contributed by atoms with Crippen molar-refractivity contribution in [3.8, 4) is 0 Å². The van der Waals surface area contributed by atoms with Crippen LogP contribution < -0.4 is 0 Å². The topological polar surface area (TPSA) is 60.4 Å². The first-order valence-corrected chi connectivity index (χ1v) is 8.04. The van der Waals surface area contributed by atoms with E-state index in [9.17, 15) is 22.0 Å². The molecule has 0 bridgehead atoms. The van der Waals surface area contributed by atoms with Gasteiger partial charge in [0.25, 0.3) is 9.05 Å². The summed E-state index contributed by atoms with van der Waals surface area (Å²) in [6, 6.07) is 1.06. The lowest BCUT2D eigenvalue weighted by atomic mass is 10.1. The summed E-state index contributed by atoms with van der Waals surface area (Å²) in [6.45, 7) is 3.82. The summed E-state index contributed by atoms with van der Waals surface area (Å²) in [4.78, 5) is 10.9. The summed E-state index contributed by atoms with van der Waals surface area (Å²) in [6.07, 6.45) is 0.545. The van der Waals surface area contributed by atoms with Crippen LogP contribution in [0, 0.1) is 17.6 Å². The lowest BCUT2D eigenvalue weighted by Crippen LogP contribution is -2.12. The quantitative estimate of drug-likeness (QED) is 0.616. The smallest absolute Gasteiger partial charge is 0.341 e. The molecule has 1 aromatic carbocycles. The number of hydrogen-bond acceptors (Lipinski definition) is 4. The van der Waals surface area contributed by atoms with Gasteiger partial charge in [0.05, 0.1) is 17.1 Å². The van der Waals surface area contributed by atoms with Crippen molar-refractivity contribution in [2.24, 2.45) is 5.92 Å². The summed E-state index contributed by atoms with van der Waals surface area (Å²) >= 11 is 0. The minimum absolute atomic E-state index is 0.0232. The third-order valence-corrected chi connectivity index (χ3v) is 3.76. The maximum Gasteiger partial charge on any atom is 0.341 e. The van der Waals surface area contributed by atoms with E-state index in [0.717, 1.165) is 0 Å². The molecular formula is C12H13ClF2O4S. The molecule has 0 N–H and O–H groups in total. The van der Waals surface area contributed by atoms with Crippen molar-refractivity contribution >= 4 is 25.7 Å². The first-order valence-electron chi connectivity index (χ1n) is 5.73. The van der Waals surface area contributed by atoms with E-state index in [0.29, 0.717) is 18.6 Å². The second kappa shape index (κ2) is 6.49. The largest absolute Gasteiger partial charge is 0.462 e. The summed E-state index contributed by atoms with van der Waals surface area (Å²) in [5, 5.41) is 0. The molecule has 0 fully saturated rings. The van der Waals surface area contributed by atoms with Gasteiger partial charge in [0.1, 0.15) is 0 Å². The summed E-state index contributed by atoms with van der Waals surface area (Å²) in [7, 11) is 0.762. The Morgan fingerprint density at radius 3 is 2.45 bits per heavy atom. The van der Waals surface area contributed by atoms with Crippen LogP contribution in [0.15, 0.2) is 17.0 Å². The Kier molecular flexibility index (Phi) is 5.47. The second-order valence-corrected chi connectivity index (χ2v) is 7.09. The highest BCUT2D eigenvalue weighted by Gasteiger charge is 2.22. The normalized spacial score (nSPS) is 11.7. The second-order valence-electron chi connectivity index (χ2n) is 4.52. The van der Waals surface area contributed by atoms with Crippen LogP contribution in [0.3, 0.4) is 0 Å². The van der Waals surface area contributed by atoms with Gasteiger partial charge in [-0.05, 0) is 24.5 Å². The first-order chi connectivity index (χ1) is 9.12. The Bertz CT molecular complexity index is 614. The SMILES string of the molecule is CC(C)CCOC(=O)c1cc(S(=O)(=O)Cl)cc(F)c1F. The van der Waals surface area contributed by atoms with Crippen molar-refractivity contribution in [3.63, 3.8) is 0 Å². The third kappa shape index (κ3) is 4.42. The van der Waals surface area contributed by atoms with Gasteiger partial charge in [-0.25, -0.2) is 22.0 Å². The van der Waals surface area contributed by atoms with Crippen LogP contribution in [0.4, 0.5) is 8.78 Å². The Balaban J connectivity index is 3.05. The number of carbonyl (C=O) groups excluding carboxylic acids is 1. The van der Waals surface area contributed by atoms with Crippen molar-refractivity contribution in [1.82, 2.24) is 0 Å². The van der Waals surface area contributed by atoms with Crippen LogP contribution in [0.25, 0.3) is 0 Å². The monoisotopic (exact) mass is 326 g/mol. The fourth-order valence-electron chi connectivity index (χ4n) is 1.32. The van der Waals surface area contributed by atoms with E-state index in [1.54, 1.807) is 0 Å². The van der Waals surface area contributed by atoms with E-state index in [1.165, 1.54) is 0 Å². The van der Waals surface area contributed by atoms with Crippen molar-refractivity contribution in [1.29, 1.82) is 0 Å². The molecule has 4 nitrogen and oxygen atoms in total. The first kappa shape index (κ1) is 16.8. The van der Waals surface area contributed by atoms with E-state index in [2.05, 4.69) is 0 Å². The molecule has 112 valence electrons. The van der Waals surface area contributed by atoms with Crippen LogP contribution >= 0.6 is 10.7 Å². The minimum Gasteiger partial charge on any atom is -0.462 e. The molecule has 0 aromatic heterocycles. The van der Waals surface area contributed by atoms with Crippen molar-refractivity contribution in [2.45, 2.75) is 25.2 Å². The van der Waals surface area contributed by atoms with Gasteiger partial charge in [-0.1, -0.05) is 13.8 Å². The maximum atomic E-state index is 13.5. The molecule has 8 heteroatoms. The van der Waals surface area contributed by atoms with E-state index in [1.807, 2.05) is 13.8 Å². The Morgan fingerprint density at radius 2 is 1.95 bits per heavy atom. The van der Waals surface area contributed by atoms with Gasteiger partial charge in [0, 0.05) is 10.7 Å². The Morgan fingerprint density at radius 1 is 1.35 bits per heavy atom. The average Bonchev–Trinajstić information content (AvgIpc) is 2.30. The zero-order valence-electron chi connectivity index (χ0n) is 10.8. The maximum absolute atomic E-state index is 13.5. The molecule has 0 aliphatic rings. The fourth-order valence-corrected chi connectivity index (χ4v) is 2.09. The van der Waals surface area contributed by atoms with Gasteiger partial charge in [-0.3, -0.25) is 0 Å². The molecule has 20 heavy (non-hydrogen) atoms. The number of rotatable bonds is 5. The van der Waals surface area contributed by atoms with Crippen molar-refractivity contribution in [3.05, 3.63) is 29.3 Å². The van der Waals surface area contributed by atoms with E-state index < -0.39 is 37.1 Å². The molecule has 0 heterocycles. The molecule has 0 atom stereocenters. The minimum atomic E-state index is -4.27. The molecule has 0 aliphatic carbocycles. The highest BCUT2D eigenvalue weighted by Crippen LogP contribution is 2.22. The lowest BCUT2D eigenvalue weighted by molar-refractivity contribution is 0.0481. The predicted octanol–water partition coefficient (Wildman–Crippen LogP) is 3.10. The highest BCUT2D eigenvalue weighted by molar-refractivity contribution is 8.13. The van der Waals surface area contributed by atoms with Crippen LogP contribution in [-0.4, -0.2) is 21.0 Å². The zero-order chi connectivity index (χ0) is 15.5. The van der Waals surface area contributed by atoms with Crippen LogP contribution in [0.5, 0.6) is 0 Å². The molecular weight excluding hydrogens is 314 g/mol. The molecule has 1 aromatic rings. The fraction of sp³-hybridized carbons (Fsp3) is 0.417. The molecule has 0 amide bonds. The van der Waals surface area contributed by atoms with Gasteiger partial charge in [0.2, 0.25) is 0 Å². The van der Waals surface area contributed by atoms with E-state index >= 15 is 0 Å². The number of halogens is 3. The highest BCUT2D eigenvalue weighted by atomic mass is 35.7. The Hall–Kier alpha value is -1.21. The standard InChI is InChI=1S/C12H13ClF2O4S/c1-7(2)3-4-19-12(16)9-5-8(20(13,17)18)6-10(14)11(9)15/h5-7H,3-4H2,1-2H3. The van der Waals surface area contributed by atoms with Gasteiger partial charge >= 0.3 is 5.97 Å². The Labute approximate surface area is 120 Å². The lowest BCUT2D eigenvalue weighted by Gasteiger charge is -2.08. The predicted molar refractivity (Wildman–Crippen MR) is 69.1 cm³/mol. The number of hydrogen-bond donors (Lipinski definition) is 0. The van der Waals surface area contributed by atoms with Crippen molar-refractivity contribution in [2.75, 3.05) is 6.61 Å².